The number of nitrogens with one attached hydrogen (secondary N) is 2. The average molecular weight is 294 g/mol. The SMILES string of the molecule is CCN(CC(=O)NC(=O)NC1CCCCC1)C[C@H](C)C#N. The summed E-state index contributed by atoms with van der Waals surface area (Å²) < 4.78 is 0. The Labute approximate surface area is 126 Å². The van der Waals surface area contributed by atoms with Crippen LogP contribution in [0.1, 0.15) is 46.0 Å². The van der Waals surface area contributed by atoms with E-state index in [0.29, 0.717) is 13.1 Å². The zero-order valence-corrected chi connectivity index (χ0v) is 13.0. The van der Waals surface area contributed by atoms with E-state index in [1.54, 1.807) is 0 Å². The number of carbonyl (C=O) groups excluding carboxylic acids is 2. The highest BCUT2D eigenvalue weighted by molar-refractivity contribution is 5.95. The average Bonchev–Trinajstić information content (AvgIpc) is 2.47. The molecule has 0 unspecified atom stereocenters. The van der Waals surface area contributed by atoms with Gasteiger partial charge < -0.3 is 5.32 Å². The van der Waals surface area contributed by atoms with Gasteiger partial charge in [-0.2, -0.15) is 5.26 Å². The Kier molecular flexibility index (Phi) is 7.76. The molecule has 0 aliphatic heterocycles. The van der Waals surface area contributed by atoms with Gasteiger partial charge in [-0.3, -0.25) is 15.0 Å². The van der Waals surface area contributed by atoms with Crippen molar-refractivity contribution >= 4 is 11.9 Å². The molecule has 0 aromatic carbocycles. The van der Waals surface area contributed by atoms with E-state index >= 15 is 0 Å². The second-order valence-corrected chi connectivity index (χ2v) is 5.71. The van der Waals surface area contributed by atoms with Gasteiger partial charge in [0.25, 0.3) is 0 Å². The lowest BCUT2D eigenvalue weighted by atomic mass is 9.96. The van der Waals surface area contributed by atoms with Crippen LogP contribution in [0.25, 0.3) is 0 Å². The zero-order chi connectivity index (χ0) is 15.7. The maximum absolute atomic E-state index is 11.8. The van der Waals surface area contributed by atoms with Gasteiger partial charge in [-0.1, -0.05) is 26.2 Å². The summed E-state index contributed by atoms with van der Waals surface area (Å²) in [5.74, 6) is -0.455. The summed E-state index contributed by atoms with van der Waals surface area (Å²) >= 11 is 0. The predicted molar refractivity (Wildman–Crippen MR) is 80.4 cm³/mol. The van der Waals surface area contributed by atoms with Crippen molar-refractivity contribution in [3.63, 3.8) is 0 Å². The van der Waals surface area contributed by atoms with Gasteiger partial charge in [0, 0.05) is 12.6 Å². The van der Waals surface area contributed by atoms with E-state index in [2.05, 4.69) is 16.7 Å². The van der Waals surface area contributed by atoms with Gasteiger partial charge in [0.1, 0.15) is 0 Å². The molecule has 0 aromatic heterocycles. The number of imide groups is 1. The number of hydrogen-bond donors (Lipinski definition) is 2. The first-order chi connectivity index (χ1) is 10.0. The fourth-order valence-electron chi connectivity index (χ4n) is 2.57. The fraction of sp³-hybridized carbons (Fsp3) is 0.800. The highest BCUT2D eigenvalue weighted by atomic mass is 16.2. The number of nitrogens with zero attached hydrogens (tertiary/aromatic N) is 2. The second kappa shape index (κ2) is 9.35. The fourth-order valence-corrected chi connectivity index (χ4v) is 2.57. The van der Waals surface area contributed by atoms with Crippen LogP contribution in [0.5, 0.6) is 0 Å². The summed E-state index contributed by atoms with van der Waals surface area (Å²) in [4.78, 5) is 25.5. The van der Waals surface area contributed by atoms with Crippen LogP contribution in [0.4, 0.5) is 4.79 Å². The lowest BCUT2D eigenvalue weighted by Crippen LogP contribution is -2.48. The number of hydrogen-bond acceptors (Lipinski definition) is 4. The minimum absolute atomic E-state index is 0.131. The van der Waals surface area contributed by atoms with E-state index in [4.69, 9.17) is 5.26 Å². The summed E-state index contributed by atoms with van der Waals surface area (Å²) in [5.41, 5.74) is 0. The second-order valence-electron chi connectivity index (χ2n) is 5.71. The summed E-state index contributed by atoms with van der Waals surface area (Å²) in [5, 5.41) is 14.0. The van der Waals surface area contributed by atoms with E-state index in [1.807, 2.05) is 18.7 Å². The van der Waals surface area contributed by atoms with Crippen LogP contribution < -0.4 is 10.6 Å². The van der Waals surface area contributed by atoms with Crippen LogP contribution in [0, 0.1) is 17.2 Å². The molecule has 0 radical (unpaired) electrons. The van der Waals surface area contributed by atoms with E-state index in [9.17, 15) is 9.59 Å². The molecular weight excluding hydrogens is 268 g/mol. The molecule has 1 atom stereocenters. The topological polar surface area (TPSA) is 85.2 Å². The van der Waals surface area contributed by atoms with Gasteiger partial charge in [0.15, 0.2) is 0 Å². The summed E-state index contributed by atoms with van der Waals surface area (Å²) in [6.45, 7) is 5.09. The van der Waals surface area contributed by atoms with Crippen LogP contribution >= 0.6 is 0 Å². The first-order valence-electron chi connectivity index (χ1n) is 7.77. The van der Waals surface area contributed by atoms with Crippen LogP contribution in [0.2, 0.25) is 0 Å². The number of urea groups is 1. The van der Waals surface area contributed by atoms with Gasteiger partial charge >= 0.3 is 6.03 Å². The van der Waals surface area contributed by atoms with Crippen molar-refractivity contribution in [1.82, 2.24) is 15.5 Å². The van der Waals surface area contributed by atoms with Crippen molar-refractivity contribution in [3.05, 3.63) is 0 Å². The number of nitriles is 1. The van der Waals surface area contributed by atoms with E-state index in [0.717, 1.165) is 25.7 Å². The molecule has 0 spiro atoms. The standard InChI is InChI=1S/C15H26N4O2/c1-3-19(10-12(2)9-16)11-14(20)18-15(21)17-13-7-5-4-6-8-13/h12-13H,3-8,10-11H2,1-2H3,(H2,17,18,20,21)/t12-/m1/s1. The van der Waals surface area contributed by atoms with Crippen molar-refractivity contribution < 1.29 is 9.59 Å². The first-order valence-corrected chi connectivity index (χ1v) is 7.77. The third kappa shape index (κ3) is 7.09. The molecular formula is C15H26N4O2. The number of carbonyl (C=O) groups is 2. The Morgan fingerprint density at radius 1 is 1.33 bits per heavy atom. The monoisotopic (exact) mass is 294 g/mol. The minimum atomic E-state index is -0.406. The van der Waals surface area contributed by atoms with Crippen LogP contribution in [0.15, 0.2) is 0 Å². The van der Waals surface area contributed by atoms with Gasteiger partial charge in [-0.05, 0) is 26.3 Å². The first kappa shape index (κ1) is 17.4. The van der Waals surface area contributed by atoms with E-state index < -0.39 is 6.03 Å². The number of amides is 3. The number of rotatable bonds is 6. The molecule has 6 nitrogen and oxygen atoms in total. The molecule has 0 saturated heterocycles. The molecule has 1 saturated carbocycles. The highest BCUT2D eigenvalue weighted by Gasteiger charge is 2.18. The van der Waals surface area contributed by atoms with Gasteiger partial charge in [-0.25, -0.2) is 4.79 Å². The molecule has 1 aliphatic rings. The van der Waals surface area contributed by atoms with Gasteiger partial charge in [0.2, 0.25) is 5.91 Å². The summed E-state index contributed by atoms with van der Waals surface area (Å²) in [7, 11) is 0. The summed E-state index contributed by atoms with van der Waals surface area (Å²) in [6, 6.07) is 1.93. The van der Waals surface area contributed by atoms with Crippen LogP contribution in [-0.2, 0) is 4.79 Å². The van der Waals surface area contributed by atoms with Crippen molar-refractivity contribution in [1.29, 1.82) is 5.26 Å². The van der Waals surface area contributed by atoms with E-state index in [1.165, 1.54) is 6.42 Å². The molecule has 3 amide bonds. The van der Waals surface area contributed by atoms with Crippen LogP contribution in [-0.4, -0.2) is 42.5 Å². The lowest BCUT2D eigenvalue weighted by molar-refractivity contribution is -0.121. The van der Waals surface area contributed by atoms with Crippen molar-refractivity contribution in [2.45, 2.75) is 52.0 Å². The summed E-state index contributed by atoms with van der Waals surface area (Å²) in [6.07, 6.45) is 5.47. The molecule has 21 heavy (non-hydrogen) atoms. The Bertz CT molecular complexity index is 386. The zero-order valence-electron chi connectivity index (χ0n) is 13.0. The molecule has 0 bridgehead atoms. The third-order valence-corrected chi connectivity index (χ3v) is 3.76. The van der Waals surface area contributed by atoms with Crippen molar-refractivity contribution in [3.8, 4) is 6.07 Å². The molecule has 6 heteroatoms. The van der Waals surface area contributed by atoms with Gasteiger partial charge in [0.05, 0.1) is 18.5 Å². The Balaban J connectivity index is 2.30. The molecule has 1 aliphatic carbocycles. The molecule has 0 heterocycles. The largest absolute Gasteiger partial charge is 0.335 e. The quantitative estimate of drug-likeness (QED) is 0.779. The number of likely N-dealkylation sites (N-methyl/N-ethyl adjacent to an activating group) is 1. The minimum Gasteiger partial charge on any atom is -0.335 e. The Morgan fingerprint density at radius 2 is 2.00 bits per heavy atom. The third-order valence-electron chi connectivity index (χ3n) is 3.76. The Morgan fingerprint density at radius 3 is 2.57 bits per heavy atom. The van der Waals surface area contributed by atoms with Crippen molar-refractivity contribution in [2.75, 3.05) is 19.6 Å². The van der Waals surface area contributed by atoms with E-state index in [-0.39, 0.29) is 24.4 Å². The Hall–Kier alpha value is -1.61. The molecule has 1 fully saturated rings. The van der Waals surface area contributed by atoms with Gasteiger partial charge in [-0.15, -0.1) is 0 Å². The maximum atomic E-state index is 11.8. The smallest absolute Gasteiger partial charge is 0.321 e. The molecule has 118 valence electrons. The molecule has 2 N–H and O–H groups in total. The predicted octanol–water partition coefficient (Wildman–Crippen LogP) is 1.63. The maximum Gasteiger partial charge on any atom is 0.321 e. The van der Waals surface area contributed by atoms with Crippen LogP contribution in [0.3, 0.4) is 0 Å². The normalized spacial score (nSPS) is 17.0. The molecule has 1 rings (SSSR count). The highest BCUT2D eigenvalue weighted by Crippen LogP contribution is 2.17. The van der Waals surface area contributed by atoms with Crippen molar-refractivity contribution in [2.24, 2.45) is 5.92 Å². The lowest BCUT2D eigenvalue weighted by Gasteiger charge is -2.23. The molecule has 0 aromatic rings.